The van der Waals surface area contributed by atoms with Crippen LogP contribution < -0.4 is 9.62 Å². The Bertz CT molecular complexity index is 958. The van der Waals surface area contributed by atoms with Crippen molar-refractivity contribution in [2.24, 2.45) is 0 Å². The van der Waals surface area contributed by atoms with Crippen LogP contribution in [0.4, 0.5) is 5.69 Å². The summed E-state index contributed by atoms with van der Waals surface area (Å²) in [6, 6.07) is 13.1. The number of anilines is 1. The number of carbonyl (C=O) groups is 1. The average Bonchev–Trinajstić information content (AvgIpc) is 3.24. The maximum Gasteiger partial charge on any atom is 0.264 e. The van der Waals surface area contributed by atoms with Gasteiger partial charge in [0.05, 0.1) is 10.6 Å². The number of para-hydroxylation sites is 1. The van der Waals surface area contributed by atoms with E-state index in [1.165, 1.54) is 41.4 Å². The molecule has 0 saturated carbocycles. The van der Waals surface area contributed by atoms with Gasteiger partial charge in [0, 0.05) is 11.6 Å². The lowest BCUT2D eigenvalue weighted by Gasteiger charge is -2.25. The number of hydrogen-bond donors (Lipinski definition) is 1. The van der Waals surface area contributed by atoms with Gasteiger partial charge in [-0.15, -0.1) is 0 Å². The topological polar surface area (TPSA) is 69.7 Å². The Labute approximate surface area is 183 Å². The minimum absolute atomic E-state index is 0.0944. The molecular formula is C22H28ClN3O3S. The number of aryl methyl sites for hydroxylation is 1. The maximum absolute atomic E-state index is 13.3. The highest BCUT2D eigenvalue weighted by Gasteiger charge is 2.28. The van der Waals surface area contributed by atoms with Crippen LogP contribution in [0.2, 0.25) is 5.02 Å². The Hall–Kier alpha value is -2.09. The van der Waals surface area contributed by atoms with E-state index in [-0.39, 0.29) is 17.3 Å². The molecule has 8 heteroatoms. The van der Waals surface area contributed by atoms with Crippen molar-refractivity contribution >= 4 is 33.2 Å². The third kappa shape index (κ3) is 5.74. The van der Waals surface area contributed by atoms with Gasteiger partial charge in [0.15, 0.2) is 0 Å². The first kappa shape index (κ1) is 22.6. The molecule has 2 aromatic carbocycles. The van der Waals surface area contributed by atoms with Crippen molar-refractivity contribution in [1.29, 1.82) is 0 Å². The number of benzene rings is 2. The molecule has 3 rings (SSSR count). The van der Waals surface area contributed by atoms with Crippen LogP contribution in [0, 0.1) is 6.92 Å². The number of carbonyl (C=O) groups excluding carboxylic acids is 1. The van der Waals surface area contributed by atoms with Crippen LogP contribution in [-0.4, -0.2) is 51.9 Å². The first-order chi connectivity index (χ1) is 14.4. The van der Waals surface area contributed by atoms with Crippen LogP contribution in [0.3, 0.4) is 0 Å². The zero-order valence-corrected chi connectivity index (χ0v) is 18.8. The van der Waals surface area contributed by atoms with Gasteiger partial charge in [-0.2, -0.15) is 0 Å². The van der Waals surface area contributed by atoms with E-state index in [2.05, 4.69) is 10.2 Å². The monoisotopic (exact) mass is 449 g/mol. The van der Waals surface area contributed by atoms with E-state index in [1.54, 1.807) is 12.1 Å². The molecule has 1 aliphatic rings. The Kier molecular flexibility index (Phi) is 7.75. The molecule has 0 aromatic heterocycles. The van der Waals surface area contributed by atoms with Gasteiger partial charge in [0.25, 0.3) is 10.0 Å². The number of nitrogens with zero attached hydrogens (tertiary/aromatic N) is 2. The fourth-order valence-corrected chi connectivity index (χ4v) is 5.21. The Morgan fingerprint density at radius 2 is 1.77 bits per heavy atom. The van der Waals surface area contributed by atoms with E-state index in [1.807, 2.05) is 19.1 Å². The fraction of sp³-hybridized carbons (Fsp3) is 0.409. The second kappa shape index (κ2) is 10.3. The zero-order chi connectivity index (χ0) is 21.6. The molecule has 0 spiro atoms. The van der Waals surface area contributed by atoms with Crippen molar-refractivity contribution in [2.45, 2.75) is 31.1 Å². The van der Waals surface area contributed by atoms with Crippen molar-refractivity contribution in [3.8, 4) is 0 Å². The normalized spacial score (nSPS) is 14.6. The van der Waals surface area contributed by atoms with E-state index in [4.69, 9.17) is 11.6 Å². The van der Waals surface area contributed by atoms with Crippen molar-refractivity contribution in [3.05, 3.63) is 59.1 Å². The lowest BCUT2D eigenvalue weighted by molar-refractivity contribution is -0.119. The molecule has 1 amide bonds. The molecule has 6 nitrogen and oxygen atoms in total. The van der Waals surface area contributed by atoms with Crippen molar-refractivity contribution in [2.75, 3.05) is 37.0 Å². The molecule has 0 unspecified atom stereocenters. The van der Waals surface area contributed by atoms with Gasteiger partial charge in [-0.05, 0) is 81.7 Å². The van der Waals surface area contributed by atoms with Crippen LogP contribution in [0.1, 0.15) is 24.8 Å². The first-order valence-electron chi connectivity index (χ1n) is 10.2. The Morgan fingerprint density at radius 1 is 1.10 bits per heavy atom. The predicted molar refractivity (Wildman–Crippen MR) is 120 cm³/mol. The van der Waals surface area contributed by atoms with Gasteiger partial charge in [0.1, 0.15) is 6.54 Å². The SMILES string of the molecule is Cc1ccccc1N(CC(=O)NCCCN1CCCC1)S(=O)(=O)c1ccc(Cl)cc1. The molecule has 162 valence electrons. The summed E-state index contributed by atoms with van der Waals surface area (Å²) in [5, 5.41) is 3.32. The molecule has 2 aromatic rings. The van der Waals surface area contributed by atoms with Gasteiger partial charge in [0.2, 0.25) is 5.91 Å². The van der Waals surface area contributed by atoms with Gasteiger partial charge in [-0.1, -0.05) is 29.8 Å². The van der Waals surface area contributed by atoms with E-state index in [9.17, 15) is 13.2 Å². The largest absolute Gasteiger partial charge is 0.354 e. The summed E-state index contributed by atoms with van der Waals surface area (Å²) in [4.78, 5) is 15.1. The number of sulfonamides is 1. The number of amides is 1. The van der Waals surface area contributed by atoms with E-state index in [0.717, 1.165) is 31.6 Å². The average molecular weight is 450 g/mol. The molecule has 0 atom stereocenters. The number of likely N-dealkylation sites (tertiary alicyclic amines) is 1. The van der Waals surface area contributed by atoms with Crippen LogP contribution in [0.15, 0.2) is 53.4 Å². The summed E-state index contributed by atoms with van der Waals surface area (Å²) in [5.74, 6) is -0.322. The second-order valence-corrected chi connectivity index (χ2v) is 9.80. The molecule has 0 aliphatic carbocycles. The molecule has 0 bridgehead atoms. The molecule has 1 N–H and O–H groups in total. The lowest BCUT2D eigenvalue weighted by atomic mass is 10.2. The molecule has 0 radical (unpaired) electrons. The van der Waals surface area contributed by atoms with Crippen LogP contribution >= 0.6 is 11.6 Å². The Morgan fingerprint density at radius 3 is 2.43 bits per heavy atom. The van der Waals surface area contributed by atoms with Crippen molar-refractivity contribution < 1.29 is 13.2 Å². The summed E-state index contributed by atoms with van der Waals surface area (Å²) in [6.07, 6.45) is 3.32. The van der Waals surface area contributed by atoms with Gasteiger partial charge < -0.3 is 10.2 Å². The molecular weight excluding hydrogens is 422 g/mol. The van der Waals surface area contributed by atoms with Crippen molar-refractivity contribution in [1.82, 2.24) is 10.2 Å². The molecule has 1 saturated heterocycles. The first-order valence-corrected chi connectivity index (χ1v) is 12.0. The highest BCUT2D eigenvalue weighted by Crippen LogP contribution is 2.27. The standard InChI is InChI=1S/C22H28ClN3O3S/c1-18-7-2-3-8-21(18)26(30(28,29)20-11-9-19(23)10-12-20)17-22(27)24-13-6-16-25-14-4-5-15-25/h2-3,7-12H,4-6,13-17H2,1H3,(H,24,27). The summed E-state index contributed by atoms with van der Waals surface area (Å²) in [7, 11) is -3.93. The molecule has 30 heavy (non-hydrogen) atoms. The van der Waals surface area contributed by atoms with Gasteiger partial charge >= 0.3 is 0 Å². The van der Waals surface area contributed by atoms with E-state index in [0.29, 0.717) is 17.3 Å². The minimum Gasteiger partial charge on any atom is -0.354 e. The summed E-state index contributed by atoms with van der Waals surface area (Å²) in [6.45, 7) is 5.26. The number of halogens is 1. The lowest BCUT2D eigenvalue weighted by Crippen LogP contribution is -2.41. The van der Waals surface area contributed by atoms with Crippen LogP contribution in [0.25, 0.3) is 0 Å². The molecule has 1 heterocycles. The molecule has 1 aliphatic heterocycles. The Balaban J connectivity index is 1.72. The zero-order valence-electron chi connectivity index (χ0n) is 17.2. The highest BCUT2D eigenvalue weighted by molar-refractivity contribution is 7.92. The summed E-state index contributed by atoms with van der Waals surface area (Å²) >= 11 is 5.91. The fourth-order valence-electron chi connectivity index (χ4n) is 3.60. The highest BCUT2D eigenvalue weighted by atomic mass is 35.5. The summed E-state index contributed by atoms with van der Waals surface area (Å²) in [5.41, 5.74) is 1.26. The smallest absolute Gasteiger partial charge is 0.264 e. The minimum atomic E-state index is -3.93. The molecule has 1 fully saturated rings. The second-order valence-electron chi connectivity index (χ2n) is 7.50. The van der Waals surface area contributed by atoms with Crippen molar-refractivity contribution in [3.63, 3.8) is 0 Å². The number of rotatable bonds is 9. The quantitative estimate of drug-likeness (QED) is 0.595. The van der Waals surface area contributed by atoms with Crippen LogP contribution in [-0.2, 0) is 14.8 Å². The predicted octanol–water partition coefficient (Wildman–Crippen LogP) is 3.45. The maximum atomic E-state index is 13.3. The summed E-state index contributed by atoms with van der Waals surface area (Å²) < 4.78 is 27.8. The number of nitrogens with one attached hydrogen (secondary N) is 1. The van der Waals surface area contributed by atoms with Gasteiger partial charge in [-0.25, -0.2) is 8.42 Å². The van der Waals surface area contributed by atoms with E-state index >= 15 is 0 Å². The number of hydrogen-bond acceptors (Lipinski definition) is 4. The third-order valence-electron chi connectivity index (χ3n) is 5.24. The third-order valence-corrected chi connectivity index (χ3v) is 7.27. The van der Waals surface area contributed by atoms with E-state index < -0.39 is 10.0 Å². The van der Waals surface area contributed by atoms with Crippen LogP contribution in [0.5, 0.6) is 0 Å². The van der Waals surface area contributed by atoms with Gasteiger partial charge in [-0.3, -0.25) is 9.10 Å².